The molecule has 0 aromatic heterocycles. The Balaban J connectivity index is 0. The first-order chi connectivity index (χ1) is 8.06. The van der Waals surface area contributed by atoms with Gasteiger partial charge in [0.05, 0.1) is 13.2 Å². The van der Waals surface area contributed by atoms with Crippen molar-refractivity contribution in [1.82, 2.24) is 0 Å². The first kappa shape index (κ1) is 17.8. The summed E-state index contributed by atoms with van der Waals surface area (Å²) in [6.45, 7) is 5.40. The summed E-state index contributed by atoms with van der Waals surface area (Å²) in [5.74, 6) is 0.697. The van der Waals surface area contributed by atoms with Crippen LogP contribution in [0.3, 0.4) is 0 Å². The first-order valence-electron chi connectivity index (χ1n) is 5.40. The first-order valence-corrected chi connectivity index (χ1v) is 5.40. The molecule has 4 heteroatoms. The van der Waals surface area contributed by atoms with Gasteiger partial charge in [0.2, 0.25) is 0 Å². The summed E-state index contributed by atoms with van der Waals surface area (Å²) in [6.07, 6.45) is 0.266. The van der Waals surface area contributed by atoms with Crippen molar-refractivity contribution in [1.29, 1.82) is 0 Å². The van der Waals surface area contributed by atoms with Gasteiger partial charge in [0, 0.05) is 6.92 Å². The van der Waals surface area contributed by atoms with Gasteiger partial charge in [0.1, 0.15) is 5.75 Å². The van der Waals surface area contributed by atoms with Gasteiger partial charge in [-0.25, -0.2) is 0 Å². The van der Waals surface area contributed by atoms with Gasteiger partial charge in [-0.05, 0) is 33.0 Å². The number of carbonyl (C=O) groups excluding carboxylic acids is 1. The van der Waals surface area contributed by atoms with Crippen LogP contribution in [0.25, 0.3) is 0 Å². The molecule has 0 fully saturated rings. The zero-order valence-corrected chi connectivity index (χ0v) is 11.3. The topological polar surface area (TPSA) is 61.6 Å². The fourth-order valence-electron chi connectivity index (χ4n) is 0.771. The van der Waals surface area contributed by atoms with Crippen LogP contribution in [0.4, 0.5) is 0 Å². The summed E-state index contributed by atoms with van der Waals surface area (Å²) in [6, 6.07) is 9.84. The third-order valence-electron chi connectivity index (χ3n) is 1.40. The Bertz CT molecular complexity index is 273. The highest BCUT2D eigenvalue weighted by Crippen LogP contribution is 2.09. The second-order valence-electron chi connectivity index (χ2n) is 3.18. The molecule has 0 heterocycles. The monoisotopic (exact) mass is 241 g/mol. The van der Waals surface area contributed by atoms with E-state index >= 15 is 0 Å². The van der Waals surface area contributed by atoms with E-state index in [9.17, 15) is 4.79 Å². The number of nitrogens with two attached hydrogens (primary N) is 1. The molecule has 98 valence electrons. The fraction of sp³-hybridized carbons (Fsp3) is 0.462. The van der Waals surface area contributed by atoms with Gasteiger partial charge in [0.25, 0.3) is 0 Å². The zero-order valence-electron chi connectivity index (χ0n) is 11.3. The number of esters is 1. The predicted molar refractivity (Wildman–Crippen MR) is 70.0 cm³/mol. The van der Waals surface area contributed by atoms with Crippen LogP contribution in [0.1, 0.15) is 20.8 Å². The summed E-state index contributed by atoms with van der Waals surface area (Å²) >= 11 is 0. The van der Waals surface area contributed by atoms with E-state index in [2.05, 4.69) is 10.5 Å². The molecule has 4 nitrogen and oxygen atoms in total. The molecule has 17 heavy (non-hydrogen) atoms. The van der Waals surface area contributed by atoms with Crippen molar-refractivity contribution in [3.05, 3.63) is 30.3 Å². The molecule has 0 saturated carbocycles. The quantitative estimate of drug-likeness (QED) is 0.806. The van der Waals surface area contributed by atoms with Gasteiger partial charge >= 0.3 is 5.97 Å². The second kappa shape index (κ2) is 12.5. The molecule has 1 aromatic carbocycles. The van der Waals surface area contributed by atoms with Crippen LogP contribution in [0.5, 0.6) is 5.75 Å². The van der Waals surface area contributed by atoms with Crippen molar-refractivity contribution in [2.75, 3.05) is 14.2 Å². The van der Waals surface area contributed by atoms with E-state index in [1.807, 2.05) is 44.2 Å². The van der Waals surface area contributed by atoms with E-state index in [1.165, 1.54) is 21.1 Å². The molecule has 0 aliphatic heterocycles. The highest BCUT2D eigenvalue weighted by atomic mass is 16.5. The van der Waals surface area contributed by atoms with E-state index in [0.717, 1.165) is 5.75 Å². The number of para-hydroxylation sites is 1. The average Bonchev–Trinajstić information content (AvgIpc) is 2.33. The van der Waals surface area contributed by atoms with E-state index in [1.54, 1.807) is 0 Å². The summed E-state index contributed by atoms with van der Waals surface area (Å²) < 4.78 is 9.53. The summed E-state index contributed by atoms with van der Waals surface area (Å²) in [7, 11) is 2.85. The van der Waals surface area contributed by atoms with E-state index in [-0.39, 0.29) is 12.1 Å². The fourth-order valence-corrected chi connectivity index (χ4v) is 0.771. The Kier molecular flexibility index (Phi) is 13.1. The van der Waals surface area contributed by atoms with Gasteiger partial charge in [-0.3, -0.25) is 4.79 Å². The van der Waals surface area contributed by atoms with Gasteiger partial charge in [-0.1, -0.05) is 18.2 Å². The molecular weight excluding hydrogens is 218 g/mol. The summed E-state index contributed by atoms with van der Waals surface area (Å²) in [5, 5.41) is 0. The largest absolute Gasteiger partial charge is 0.491 e. The maximum Gasteiger partial charge on any atom is 0.302 e. The normalized spacial score (nSPS) is 8.18. The van der Waals surface area contributed by atoms with Crippen molar-refractivity contribution in [2.24, 2.45) is 5.73 Å². The van der Waals surface area contributed by atoms with Crippen LogP contribution >= 0.6 is 0 Å². The zero-order chi connectivity index (χ0) is 13.7. The Labute approximate surface area is 104 Å². The number of carbonyl (C=O) groups is 1. The summed E-state index contributed by atoms with van der Waals surface area (Å²) in [5.41, 5.74) is 4.50. The number of benzene rings is 1. The van der Waals surface area contributed by atoms with Crippen molar-refractivity contribution in [2.45, 2.75) is 26.9 Å². The lowest BCUT2D eigenvalue weighted by molar-refractivity contribution is -0.137. The van der Waals surface area contributed by atoms with Crippen LogP contribution in [0.2, 0.25) is 0 Å². The van der Waals surface area contributed by atoms with Gasteiger partial charge in [-0.2, -0.15) is 0 Å². The molecular formula is C13H23NO3. The maximum atomic E-state index is 9.59. The van der Waals surface area contributed by atoms with E-state index in [0.29, 0.717) is 0 Å². The molecule has 0 aliphatic rings. The lowest BCUT2D eigenvalue weighted by Crippen LogP contribution is -2.04. The Morgan fingerprint density at radius 2 is 1.59 bits per heavy atom. The molecule has 2 N–H and O–H groups in total. The van der Waals surface area contributed by atoms with E-state index in [4.69, 9.17) is 4.74 Å². The Morgan fingerprint density at radius 3 is 1.88 bits per heavy atom. The highest BCUT2D eigenvalue weighted by Gasteiger charge is 1.92. The SMILES string of the molecule is CC(C)Oc1ccccc1.CN.COC(C)=O. The lowest BCUT2D eigenvalue weighted by atomic mass is 10.3. The third kappa shape index (κ3) is 14.5. The smallest absolute Gasteiger partial charge is 0.302 e. The van der Waals surface area contributed by atoms with Gasteiger partial charge in [-0.15, -0.1) is 0 Å². The van der Waals surface area contributed by atoms with Crippen molar-refractivity contribution in [3.63, 3.8) is 0 Å². The van der Waals surface area contributed by atoms with Crippen LogP contribution < -0.4 is 10.5 Å². The number of methoxy groups -OCH3 is 1. The molecule has 0 unspecified atom stereocenters. The van der Waals surface area contributed by atoms with Crippen molar-refractivity contribution in [3.8, 4) is 5.75 Å². The molecule has 0 atom stereocenters. The highest BCUT2D eigenvalue weighted by molar-refractivity contribution is 5.65. The molecule has 0 radical (unpaired) electrons. The lowest BCUT2D eigenvalue weighted by Gasteiger charge is -2.07. The van der Waals surface area contributed by atoms with Crippen LogP contribution in [-0.4, -0.2) is 26.2 Å². The predicted octanol–water partition coefficient (Wildman–Crippen LogP) is 2.23. The van der Waals surface area contributed by atoms with Crippen LogP contribution in [0.15, 0.2) is 30.3 Å². The van der Waals surface area contributed by atoms with Gasteiger partial charge < -0.3 is 15.2 Å². The van der Waals surface area contributed by atoms with Crippen LogP contribution in [0, 0.1) is 0 Å². The summed E-state index contributed by atoms with van der Waals surface area (Å²) in [4.78, 5) is 9.59. The molecule has 0 amide bonds. The minimum Gasteiger partial charge on any atom is -0.491 e. The van der Waals surface area contributed by atoms with Crippen LogP contribution in [-0.2, 0) is 9.53 Å². The molecule has 0 saturated heterocycles. The number of hydrogen-bond donors (Lipinski definition) is 1. The Hall–Kier alpha value is -1.55. The Morgan fingerprint density at radius 1 is 1.18 bits per heavy atom. The third-order valence-corrected chi connectivity index (χ3v) is 1.40. The average molecular weight is 241 g/mol. The standard InChI is InChI=1S/C9H12O.C3H6O2.CH5N/c1-8(2)10-9-6-4-3-5-7-9;1-3(4)5-2;1-2/h3-8H,1-2H3;1-2H3;2H2,1H3. The number of rotatable bonds is 2. The van der Waals surface area contributed by atoms with Gasteiger partial charge in [0.15, 0.2) is 0 Å². The number of ether oxygens (including phenoxy) is 2. The van der Waals surface area contributed by atoms with Crippen molar-refractivity contribution >= 4 is 5.97 Å². The minimum absolute atomic E-state index is 0.245. The molecule has 0 spiro atoms. The molecule has 1 aromatic rings. The minimum atomic E-state index is -0.245. The maximum absolute atomic E-state index is 9.59. The molecule has 0 aliphatic carbocycles. The van der Waals surface area contributed by atoms with Crippen molar-refractivity contribution < 1.29 is 14.3 Å². The molecule has 0 bridgehead atoms. The molecule has 1 rings (SSSR count). The van der Waals surface area contributed by atoms with E-state index < -0.39 is 0 Å². The number of hydrogen-bond acceptors (Lipinski definition) is 4. The second-order valence-corrected chi connectivity index (χ2v) is 3.18.